The van der Waals surface area contributed by atoms with Crippen LogP contribution in [0.2, 0.25) is 0 Å². The Balaban J connectivity index is 0.00000704. The van der Waals surface area contributed by atoms with Crippen molar-refractivity contribution >= 4 is 70.2 Å². The van der Waals surface area contributed by atoms with E-state index in [0.29, 0.717) is 22.6 Å². The van der Waals surface area contributed by atoms with Crippen molar-refractivity contribution < 1.29 is 67.1 Å². The van der Waals surface area contributed by atoms with Crippen LogP contribution >= 0.6 is 0 Å². The molecule has 3 aliphatic heterocycles. The zero-order chi connectivity index (χ0) is 53.9. The van der Waals surface area contributed by atoms with Crippen LogP contribution in [0.25, 0.3) is 96.6 Å². The Kier molecular flexibility index (Phi) is 15.8. The number of fused-ring (bicyclic) bond motifs is 8. The molecular weight excluding hydrogens is 1060 g/mol. The molecule has 0 unspecified atom stereocenters. The Morgan fingerprint density at radius 1 is 0.506 bits per heavy atom. The van der Waals surface area contributed by atoms with Gasteiger partial charge >= 0.3 is 43.4 Å². The molecule has 8 aromatic rings. The number of benzene rings is 4. The van der Waals surface area contributed by atoms with Gasteiger partial charge in [-0.2, -0.15) is 0 Å². The van der Waals surface area contributed by atoms with Gasteiger partial charge in [-0.25, -0.2) is 14.6 Å². The molecule has 8 bridgehead atoms. The first-order valence-electron chi connectivity index (χ1n) is 25.1. The quantitative estimate of drug-likeness (QED) is 0.0598. The number of aromatic nitrogens is 7. The molecule has 390 valence electrons. The Morgan fingerprint density at radius 3 is 1.33 bits per heavy atom. The summed E-state index contributed by atoms with van der Waals surface area (Å²) in [6.45, 7) is 4.03. The summed E-state index contributed by atoms with van der Waals surface area (Å²) >= 11 is 0. The molecule has 3 aliphatic rings. The third-order valence-corrected chi connectivity index (χ3v) is 13.1. The minimum absolute atomic E-state index is 0. The maximum Gasteiger partial charge on any atom is 2.00 e. The molecule has 0 spiro atoms. The molecule has 79 heavy (non-hydrogen) atoms. The average molecular weight is 1110 g/mol. The van der Waals surface area contributed by atoms with Crippen molar-refractivity contribution in [2.45, 2.75) is 65.0 Å². The van der Waals surface area contributed by atoms with Crippen molar-refractivity contribution in [2.75, 3.05) is 6.61 Å². The molecule has 11 rings (SSSR count). The monoisotopic (exact) mass is 1100 g/mol. The first-order valence-corrected chi connectivity index (χ1v) is 25.1. The van der Waals surface area contributed by atoms with Gasteiger partial charge in [-0.3, -0.25) is 19.2 Å². The number of hydrogen-bond acceptors (Lipinski definition) is 14. The zero-order valence-electron chi connectivity index (χ0n) is 43.4. The van der Waals surface area contributed by atoms with Crippen molar-refractivity contribution in [3.05, 3.63) is 174 Å². The van der Waals surface area contributed by atoms with Crippen molar-refractivity contribution in [1.29, 1.82) is 0 Å². The zero-order valence-corrected chi connectivity index (χ0v) is 46.4. The van der Waals surface area contributed by atoms with Gasteiger partial charge in [0.05, 0.1) is 41.3 Å². The van der Waals surface area contributed by atoms with E-state index in [1.807, 2.05) is 115 Å². The summed E-state index contributed by atoms with van der Waals surface area (Å²) in [5.41, 5.74) is 14.1. The molecule has 18 heteroatoms. The molecule has 0 amide bonds. The van der Waals surface area contributed by atoms with Crippen LogP contribution in [-0.4, -0.2) is 86.2 Å². The number of ether oxygens (including phenoxy) is 6. The van der Waals surface area contributed by atoms with Gasteiger partial charge in [-0.1, -0.05) is 133 Å². The number of esters is 4. The van der Waals surface area contributed by atoms with Crippen molar-refractivity contribution in [3.63, 3.8) is 0 Å². The maximum atomic E-state index is 12.4. The minimum atomic E-state index is -1.40. The third kappa shape index (κ3) is 11.5. The van der Waals surface area contributed by atoms with E-state index in [-0.39, 0.29) is 26.1 Å². The van der Waals surface area contributed by atoms with Gasteiger partial charge in [0.2, 0.25) is 0 Å². The Hall–Kier alpha value is -8.96. The van der Waals surface area contributed by atoms with Gasteiger partial charge < -0.3 is 38.4 Å². The second-order valence-electron chi connectivity index (χ2n) is 18.5. The Labute approximate surface area is 466 Å². The summed E-state index contributed by atoms with van der Waals surface area (Å²) in [6.07, 6.45) is 3.09. The second kappa shape index (κ2) is 23.3. The minimum Gasteiger partial charge on any atom is -0.657 e. The average Bonchev–Trinajstić information content (AvgIpc) is 4.39. The summed E-state index contributed by atoms with van der Waals surface area (Å²) in [7, 11) is 0. The molecule has 0 radical (unpaired) electrons. The summed E-state index contributed by atoms with van der Waals surface area (Å²) in [5, 5.41) is 8.71. The van der Waals surface area contributed by atoms with E-state index in [2.05, 4.69) is 58.9 Å². The van der Waals surface area contributed by atoms with E-state index >= 15 is 0 Å². The fourth-order valence-corrected chi connectivity index (χ4v) is 9.85. The molecule has 4 aromatic carbocycles. The van der Waals surface area contributed by atoms with Gasteiger partial charge in [0.25, 0.3) is 0 Å². The van der Waals surface area contributed by atoms with Crippen molar-refractivity contribution in [2.24, 2.45) is 0 Å². The van der Waals surface area contributed by atoms with E-state index in [0.717, 1.165) is 98.9 Å². The number of hydrogen-bond donors (Lipinski definition) is 0. The van der Waals surface area contributed by atoms with Crippen LogP contribution in [-0.2, 0) is 73.7 Å². The van der Waals surface area contributed by atoms with E-state index in [1.54, 1.807) is 10.9 Å². The van der Waals surface area contributed by atoms with E-state index < -0.39 is 61.2 Å². The Morgan fingerprint density at radius 2 is 0.911 bits per heavy atom. The van der Waals surface area contributed by atoms with Gasteiger partial charge in [0.1, 0.15) is 18.4 Å². The summed E-state index contributed by atoms with van der Waals surface area (Å²) in [5.74, 6) is -2.89. The van der Waals surface area contributed by atoms with E-state index in [1.165, 1.54) is 6.92 Å². The number of rotatable bonds is 13. The summed E-state index contributed by atoms with van der Waals surface area (Å²) in [4.78, 5) is 70.3. The van der Waals surface area contributed by atoms with Crippen LogP contribution in [0, 0.1) is 0 Å². The van der Waals surface area contributed by atoms with Crippen LogP contribution in [0.3, 0.4) is 0 Å². The fraction of sp³-hybridized carbons (Fsp3) is 0.180. The number of carbonyl (C=O) groups excluding carboxylic acids is 4. The molecule has 17 nitrogen and oxygen atoms in total. The topological polar surface area (TPSA) is 208 Å². The molecule has 1 saturated heterocycles. The summed E-state index contributed by atoms with van der Waals surface area (Å²) < 4.78 is 35.6. The smallest absolute Gasteiger partial charge is 0.657 e. The first kappa shape index (κ1) is 53.4. The molecule has 0 aliphatic carbocycles. The normalized spacial score (nSPS) is 17.3. The molecule has 0 saturated carbocycles. The third-order valence-electron chi connectivity index (χ3n) is 13.1. The van der Waals surface area contributed by atoms with E-state index in [9.17, 15) is 19.2 Å². The Bertz CT molecular complexity index is 3780. The molecule has 1 fully saturated rings. The van der Waals surface area contributed by atoms with Crippen LogP contribution in [0.1, 0.15) is 56.2 Å². The number of carbonyl (C=O) groups is 4. The maximum absolute atomic E-state index is 12.4. The summed E-state index contributed by atoms with van der Waals surface area (Å²) in [6, 6.07) is 46.4. The van der Waals surface area contributed by atoms with Gasteiger partial charge in [-0.05, 0) is 80.9 Å². The predicted octanol–water partition coefficient (Wildman–Crippen LogP) is 9.76. The van der Waals surface area contributed by atoms with Gasteiger partial charge in [-0.15, -0.1) is 27.2 Å². The van der Waals surface area contributed by atoms with Gasteiger partial charge in [0.15, 0.2) is 24.6 Å². The molecule has 5 atom stereocenters. The largest absolute Gasteiger partial charge is 2.00 e. The van der Waals surface area contributed by atoms with Crippen LogP contribution in [0.15, 0.2) is 146 Å². The predicted molar refractivity (Wildman–Crippen MR) is 290 cm³/mol. The first-order chi connectivity index (χ1) is 37.9. The standard InChI is InChI=1S/C61H49N7O10.Zn/c1-35(69)73-34-53-58(75-36(2)70)59(76-37(3)71)60(77-38(4)72)61(78-53)74-33-43-32-68(67-66-43)44-22-20-42(21-23-44)57-51-30-28-49(64-51)55(40-16-10-6-11-17-40)47-26-24-45(62-47)54(39-14-8-5-9-15-39)46-25-27-48(63-46)56(41-18-12-7-13-19-41)50-29-31-52(57)65-50;/h5-32,53,58-61H,33-34H2,1-4H3;/q-2;+2/t53-,58-,59+,60+,61+;/m1./s1. The molecule has 4 aromatic heterocycles. The van der Waals surface area contributed by atoms with Crippen LogP contribution in [0.5, 0.6) is 0 Å². The second-order valence-corrected chi connectivity index (χ2v) is 18.5. The number of nitrogens with zero attached hydrogens (tertiary/aromatic N) is 7. The van der Waals surface area contributed by atoms with Crippen molar-refractivity contribution in [1.82, 2.24) is 34.9 Å². The molecule has 7 heterocycles. The van der Waals surface area contributed by atoms with Crippen molar-refractivity contribution in [3.8, 4) is 50.2 Å². The molecular formula is C61H49N7O10Zn. The van der Waals surface area contributed by atoms with E-state index in [4.69, 9.17) is 48.4 Å². The van der Waals surface area contributed by atoms with Crippen LogP contribution < -0.4 is 9.97 Å². The molecule has 0 N–H and O–H groups in total. The SMILES string of the molecule is CC(=O)OC[C@H]1O[C@H](OCc2cn(-c3ccc(-c4c5nc(c(-c6ccccc6)c6ccc([n-]6)c(-c6ccccc6)c6nc(c(-c7ccccc7)c7ccc4[n-]7)C=C6)C=C5)cc3)nn2)[C@@H](OC(C)=O)[C@@H](OC(C)=O)[C@@H]1OC(C)=O.[Zn+2]. The van der Waals surface area contributed by atoms with Crippen LogP contribution in [0.4, 0.5) is 0 Å². The van der Waals surface area contributed by atoms with Gasteiger partial charge in [0, 0.05) is 27.7 Å². The fourth-order valence-electron chi connectivity index (χ4n) is 9.85.